The minimum atomic E-state index is -1.54. The van der Waals surface area contributed by atoms with Crippen LogP contribution in [0, 0.1) is 11.8 Å². The van der Waals surface area contributed by atoms with Gasteiger partial charge in [0.2, 0.25) is 0 Å². The van der Waals surface area contributed by atoms with E-state index in [1.807, 2.05) is 6.92 Å². The van der Waals surface area contributed by atoms with Gasteiger partial charge in [-0.25, -0.2) is 0 Å². The Morgan fingerprint density at radius 2 is 1.92 bits per heavy atom. The quantitative estimate of drug-likeness (QED) is 0.542. The van der Waals surface area contributed by atoms with Crippen LogP contribution < -0.4 is 0 Å². The molecule has 3 N–H and O–H groups in total. The van der Waals surface area contributed by atoms with Gasteiger partial charge in [-0.15, -0.1) is 0 Å². The molecule has 0 aliphatic carbocycles. The lowest BCUT2D eigenvalue weighted by Gasteiger charge is -2.21. The molecule has 0 aromatic heterocycles. The van der Waals surface area contributed by atoms with Crippen LogP contribution in [0.3, 0.4) is 0 Å². The number of hydrogen-bond acceptors (Lipinski definition) is 3. The number of aliphatic hydroxyl groups is 2. The van der Waals surface area contributed by atoms with Crippen molar-refractivity contribution in [1.29, 1.82) is 0 Å². The monoisotopic (exact) mass is 190 g/mol. The average molecular weight is 190 g/mol. The van der Waals surface area contributed by atoms with E-state index in [0.29, 0.717) is 6.42 Å². The van der Waals surface area contributed by atoms with Crippen LogP contribution in [0.25, 0.3) is 0 Å². The van der Waals surface area contributed by atoms with E-state index in [9.17, 15) is 4.79 Å². The SMILES string of the molecule is CCCCC(C(=O)O)C(C)C(O)O. The van der Waals surface area contributed by atoms with Gasteiger partial charge in [-0.2, -0.15) is 0 Å². The molecule has 0 heterocycles. The lowest BCUT2D eigenvalue weighted by Crippen LogP contribution is -2.30. The van der Waals surface area contributed by atoms with Crippen molar-refractivity contribution in [3.63, 3.8) is 0 Å². The van der Waals surface area contributed by atoms with Gasteiger partial charge in [0.1, 0.15) is 0 Å². The molecule has 0 aliphatic rings. The first-order chi connectivity index (χ1) is 6.00. The predicted molar refractivity (Wildman–Crippen MR) is 48.0 cm³/mol. The molecule has 0 saturated carbocycles. The van der Waals surface area contributed by atoms with Gasteiger partial charge >= 0.3 is 5.97 Å². The molecule has 2 atom stereocenters. The van der Waals surface area contributed by atoms with Crippen molar-refractivity contribution < 1.29 is 20.1 Å². The average Bonchev–Trinajstić information content (AvgIpc) is 2.04. The van der Waals surface area contributed by atoms with Crippen LogP contribution in [0.4, 0.5) is 0 Å². The largest absolute Gasteiger partial charge is 0.481 e. The van der Waals surface area contributed by atoms with Gasteiger partial charge in [0, 0.05) is 5.92 Å². The molecule has 0 amide bonds. The fraction of sp³-hybridized carbons (Fsp3) is 0.889. The van der Waals surface area contributed by atoms with Gasteiger partial charge in [-0.1, -0.05) is 26.7 Å². The number of unbranched alkanes of at least 4 members (excludes halogenated alkanes) is 1. The summed E-state index contributed by atoms with van der Waals surface area (Å²) in [5.41, 5.74) is 0. The number of aliphatic carboxylic acids is 1. The maximum absolute atomic E-state index is 10.7. The van der Waals surface area contributed by atoms with E-state index in [2.05, 4.69) is 0 Å². The van der Waals surface area contributed by atoms with Crippen LogP contribution >= 0.6 is 0 Å². The molecule has 0 aromatic rings. The normalized spacial score (nSPS) is 15.8. The van der Waals surface area contributed by atoms with E-state index in [0.717, 1.165) is 12.8 Å². The summed E-state index contributed by atoms with van der Waals surface area (Å²) in [5.74, 6) is -2.21. The number of carboxylic acids is 1. The Bertz CT molecular complexity index is 156. The maximum atomic E-state index is 10.7. The Hall–Kier alpha value is -0.610. The van der Waals surface area contributed by atoms with Crippen molar-refractivity contribution >= 4 is 5.97 Å². The van der Waals surface area contributed by atoms with Gasteiger partial charge in [0.25, 0.3) is 0 Å². The lowest BCUT2D eigenvalue weighted by atomic mass is 9.89. The summed E-state index contributed by atoms with van der Waals surface area (Å²) < 4.78 is 0. The zero-order valence-corrected chi connectivity index (χ0v) is 8.10. The van der Waals surface area contributed by atoms with Gasteiger partial charge < -0.3 is 15.3 Å². The highest BCUT2D eigenvalue weighted by atomic mass is 16.5. The summed E-state index contributed by atoms with van der Waals surface area (Å²) in [5, 5.41) is 26.5. The van der Waals surface area contributed by atoms with Crippen molar-refractivity contribution in [1.82, 2.24) is 0 Å². The molecule has 0 bridgehead atoms. The van der Waals surface area contributed by atoms with E-state index in [1.54, 1.807) is 6.92 Å². The number of carbonyl (C=O) groups is 1. The summed E-state index contributed by atoms with van der Waals surface area (Å²) in [7, 11) is 0. The first-order valence-corrected chi connectivity index (χ1v) is 4.59. The molecule has 4 nitrogen and oxygen atoms in total. The Morgan fingerprint density at radius 3 is 2.23 bits per heavy atom. The van der Waals surface area contributed by atoms with E-state index >= 15 is 0 Å². The van der Waals surface area contributed by atoms with Gasteiger partial charge in [-0.3, -0.25) is 4.79 Å². The zero-order valence-electron chi connectivity index (χ0n) is 8.10. The Balaban J connectivity index is 4.15. The van der Waals surface area contributed by atoms with Gasteiger partial charge in [-0.05, 0) is 6.42 Å². The molecule has 0 radical (unpaired) electrons. The molecule has 0 rings (SSSR count). The minimum absolute atomic E-state index is 0.505. The first kappa shape index (κ1) is 12.4. The highest BCUT2D eigenvalue weighted by Gasteiger charge is 2.28. The van der Waals surface area contributed by atoms with Crippen LogP contribution in [0.15, 0.2) is 0 Å². The Kier molecular flexibility index (Phi) is 5.66. The summed E-state index contributed by atoms with van der Waals surface area (Å²) >= 11 is 0. The molecule has 2 unspecified atom stereocenters. The van der Waals surface area contributed by atoms with Crippen LogP contribution in [0.2, 0.25) is 0 Å². The van der Waals surface area contributed by atoms with Crippen molar-refractivity contribution in [3.05, 3.63) is 0 Å². The van der Waals surface area contributed by atoms with Crippen molar-refractivity contribution in [2.45, 2.75) is 39.4 Å². The fourth-order valence-corrected chi connectivity index (χ4v) is 1.24. The Morgan fingerprint density at radius 1 is 1.38 bits per heavy atom. The number of rotatable bonds is 6. The summed E-state index contributed by atoms with van der Waals surface area (Å²) in [6, 6.07) is 0. The molecule has 0 fully saturated rings. The molecule has 0 aliphatic heterocycles. The molecular formula is C9H18O4. The second-order valence-corrected chi connectivity index (χ2v) is 3.36. The fourth-order valence-electron chi connectivity index (χ4n) is 1.24. The number of carboxylic acid groups (broad SMARTS) is 1. The highest BCUT2D eigenvalue weighted by Crippen LogP contribution is 2.21. The standard InChI is InChI=1S/C9H18O4/c1-3-4-5-7(9(12)13)6(2)8(10)11/h6-8,10-11H,3-5H2,1-2H3,(H,12,13). The molecule has 0 aromatic carbocycles. The minimum Gasteiger partial charge on any atom is -0.481 e. The second-order valence-electron chi connectivity index (χ2n) is 3.36. The van der Waals surface area contributed by atoms with E-state index < -0.39 is 24.1 Å². The Labute approximate surface area is 78.2 Å². The summed E-state index contributed by atoms with van der Waals surface area (Å²) in [6.07, 6.45) is 0.675. The summed E-state index contributed by atoms with van der Waals surface area (Å²) in [6.45, 7) is 3.51. The molecule has 4 heteroatoms. The molecule has 0 saturated heterocycles. The smallest absolute Gasteiger partial charge is 0.306 e. The highest BCUT2D eigenvalue weighted by molar-refractivity contribution is 5.70. The number of hydrogen-bond donors (Lipinski definition) is 3. The zero-order chi connectivity index (χ0) is 10.4. The molecule has 78 valence electrons. The third kappa shape index (κ3) is 4.24. The third-order valence-corrected chi connectivity index (χ3v) is 2.29. The maximum Gasteiger partial charge on any atom is 0.306 e. The van der Waals surface area contributed by atoms with Crippen LogP contribution in [-0.2, 0) is 4.79 Å². The van der Waals surface area contributed by atoms with E-state index in [1.165, 1.54) is 0 Å². The molecule has 13 heavy (non-hydrogen) atoms. The molecular weight excluding hydrogens is 172 g/mol. The van der Waals surface area contributed by atoms with Gasteiger partial charge in [0.05, 0.1) is 5.92 Å². The van der Waals surface area contributed by atoms with Crippen molar-refractivity contribution in [2.24, 2.45) is 11.8 Å². The number of aliphatic hydroxyl groups excluding tert-OH is 1. The predicted octanol–water partition coefficient (Wildman–Crippen LogP) is 0.824. The topological polar surface area (TPSA) is 77.8 Å². The van der Waals surface area contributed by atoms with Crippen LogP contribution in [-0.4, -0.2) is 27.6 Å². The first-order valence-electron chi connectivity index (χ1n) is 4.59. The van der Waals surface area contributed by atoms with Crippen molar-refractivity contribution in [2.75, 3.05) is 0 Å². The van der Waals surface area contributed by atoms with Crippen molar-refractivity contribution in [3.8, 4) is 0 Å². The van der Waals surface area contributed by atoms with Crippen LogP contribution in [0.1, 0.15) is 33.1 Å². The van der Waals surface area contributed by atoms with E-state index in [4.69, 9.17) is 15.3 Å². The second kappa shape index (κ2) is 5.94. The summed E-state index contributed by atoms with van der Waals surface area (Å²) in [4.78, 5) is 10.7. The lowest BCUT2D eigenvalue weighted by molar-refractivity contribution is -0.153. The van der Waals surface area contributed by atoms with Crippen LogP contribution in [0.5, 0.6) is 0 Å². The van der Waals surface area contributed by atoms with Gasteiger partial charge in [0.15, 0.2) is 6.29 Å². The third-order valence-electron chi connectivity index (χ3n) is 2.29. The molecule has 0 spiro atoms. The van der Waals surface area contributed by atoms with E-state index in [-0.39, 0.29) is 0 Å².